The Bertz CT molecular complexity index is 568. The van der Waals surface area contributed by atoms with Gasteiger partial charge < -0.3 is 5.32 Å². The van der Waals surface area contributed by atoms with Crippen molar-refractivity contribution in [2.45, 2.75) is 20.4 Å². The van der Waals surface area contributed by atoms with Gasteiger partial charge in [-0.2, -0.15) is 5.26 Å². The highest BCUT2D eigenvalue weighted by Crippen LogP contribution is 2.16. The van der Waals surface area contributed by atoms with Gasteiger partial charge in [0.15, 0.2) is 0 Å². The van der Waals surface area contributed by atoms with Crippen molar-refractivity contribution in [2.75, 3.05) is 5.32 Å². The minimum atomic E-state index is 0.559. The average molecular weight is 244 g/mol. The second-order valence-electron chi connectivity index (χ2n) is 3.68. The van der Waals surface area contributed by atoms with Crippen molar-refractivity contribution in [3.05, 3.63) is 39.5 Å². The summed E-state index contributed by atoms with van der Waals surface area (Å²) >= 11 is 1.64. The summed E-state index contributed by atoms with van der Waals surface area (Å²) in [5, 5.41) is 13.1. The van der Waals surface area contributed by atoms with E-state index in [2.05, 4.69) is 21.4 Å². The molecule has 0 fully saturated rings. The first-order valence-electron chi connectivity index (χ1n) is 5.22. The SMILES string of the molecule is Cc1ccc(C#N)c(NCc2ncc(C)s2)n1. The van der Waals surface area contributed by atoms with E-state index in [1.165, 1.54) is 4.88 Å². The third-order valence-electron chi connectivity index (χ3n) is 2.23. The van der Waals surface area contributed by atoms with Gasteiger partial charge in [-0.3, -0.25) is 0 Å². The smallest absolute Gasteiger partial charge is 0.144 e. The number of thiazole rings is 1. The number of pyridine rings is 1. The summed E-state index contributed by atoms with van der Waals surface area (Å²) in [7, 11) is 0. The standard InChI is InChI=1S/C12H12N4S/c1-8-3-4-10(5-13)12(16-8)15-7-11-14-6-9(2)17-11/h3-4,6H,7H2,1-2H3,(H,15,16). The molecule has 2 aromatic heterocycles. The monoisotopic (exact) mass is 244 g/mol. The second-order valence-corrected chi connectivity index (χ2v) is 5.00. The molecule has 0 saturated carbocycles. The Balaban J connectivity index is 2.13. The van der Waals surface area contributed by atoms with E-state index in [1.54, 1.807) is 17.4 Å². The first kappa shape index (κ1) is 11.6. The Kier molecular flexibility index (Phi) is 3.35. The van der Waals surface area contributed by atoms with Crippen LogP contribution in [0.25, 0.3) is 0 Å². The van der Waals surface area contributed by atoms with E-state index in [0.29, 0.717) is 17.9 Å². The number of aromatic nitrogens is 2. The van der Waals surface area contributed by atoms with E-state index in [9.17, 15) is 0 Å². The van der Waals surface area contributed by atoms with Gasteiger partial charge in [0, 0.05) is 16.8 Å². The molecule has 1 N–H and O–H groups in total. The maximum Gasteiger partial charge on any atom is 0.144 e. The molecule has 0 aliphatic heterocycles. The molecule has 0 saturated heterocycles. The zero-order valence-electron chi connectivity index (χ0n) is 9.69. The van der Waals surface area contributed by atoms with Crippen LogP contribution >= 0.6 is 11.3 Å². The first-order chi connectivity index (χ1) is 8.19. The number of hydrogen-bond donors (Lipinski definition) is 1. The number of rotatable bonds is 3. The number of hydrogen-bond acceptors (Lipinski definition) is 5. The molecule has 2 aromatic rings. The summed E-state index contributed by atoms with van der Waals surface area (Å²) in [4.78, 5) is 9.74. The van der Waals surface area contributed by atoms with Crippen LogP contribution in [-0.2, 0) is 6.54 Å². The zero-order chi connectivity index (χ0) is 12.3. The molecule has 5 heteroatoms. The van der Waals surface area contributed by atoms with Crippen molar-refractivity contribution in [1.82, 2.24) is 9.97 Å². The fraction of sp³-hybridized carbons (Fsp3) is 0.250. The summed E-state index contributed by atoms with van der Waals surface area (Å²) in [6, 6.07) is 5.73. The summed E-state index contributed by atoms with van der Waals surface area (Å²) in [6.45, 7) is 4.52. The quantitative estimate of drug-likeness (QED) is 0.901. The topological polar surface area (TPSA) is 61.6 Å². The summed E-state index contributed by atoms with van der Waals surface area (Å²) in [5.41, 5.74) is 1.45. The van der Waals surface area contributed by atoms with Crippen LogP contribution in [0.15, 0.2) is 18.3 Å². The normalized spacial score (nSPS) is 9.94. The predicted molar refractivity (Wildman–Crippen MR) is 67.9 cm³/mol. The Morgan fingerprint density at radius 3 is 2.88 bits per heavy atom. The van der Waals surface area contributed by atoms with Gasteiger partial charge in [-0.05, 0) is 26.0 Å². The number of nitrogens with one attached hydrogen (secondary N) is 1. The average Bonchev–Trinajstić information content (AvgIpc) is 2.73. The van der Waals surface area contributed by atoms with Crippen LogP contribution in [0.3, 0.4) is 0 Å². The van der Waals surface area contributed by atoms with Crippen LogP contribution in [0.4, 0.5) is 5.82 Å². The van der Waals surface area contributed by atoms with Gasteiger partial charge in [-0.15, -0.1) is 11.3 Å². The lowest BCUT2D eigenvalue weighted by Crippen LogP contribution is -2.03. The molecule has 0 aliphatic rings. The highest BCUT2D eigenvalue weighted by Gasteiger charge is 2.05. The Morgan fingerprint density at radius 1 is 1.41 bits per heavy atom. The molecule has 0 atom stereocenters. The molecule has 86 valence electrons. The largest absolute Gasteiger partial charge is 0.362 e. The molecular weight excluding hydrogens is 232 g/mol. The molecule has 0 spiro atoms. The molecule has 4 nitrogen and oxygen atoms in total. The van der Waals surface area contributed by atoms with Crippen molar-refractivity contribution in [3.63, 3.8) is 0 Å². The van der Waals surface area contributed by atoms with E-state index in [4.69, 9.17) is 5.26 Å². The Labute approximate surface area is 104 Å². The second kappa shape index (κ2) is 4.93. The van der Waals surface area contributed by atoms with Crippen LogP contribution < -0.4 is 5.32 Å². The lowest BCUT2D eigenvalue weighted by molar-refractivity contribution is 1.06. The summed E-state index contributed by atoms with van der Waals surface area (Å²) in [5.74, 6) is 0.625. The minimum absolute atomic E-state index is 0.559. The van der Waals surface area contributed by atoms with Crippen LogP contribution in [0.5, 0.6) is 0 Å². The molecule has 17 heavy (non-hydrogen) atoms. The van der Waals surface area contributed by atoms with Gasteiger partial charge >= 0.3 is 0 Å². The zero-order valence-corrected chi connectivity index (χ0v) is 10.5. The van der Waals surface area contributed by atoms with Crippen LogP contribution in [-0.4, -0.2) is 9.97 Å². The Morgan fingerprint density at radius 2 is 2.24 bits per heavy atom. The molecule has 2 rings (SSSR count). The maximum atomic E-state index is 8.97. The van der Waals surface area contributed by atoms with Gasteiger partial charge in [0.05, 0.1) is 12.1 Å². The molecule has 0 unspecified atom stereocenters. The van der Waals surface area contributed by atoms with Crippen molar-refractivity contribution >= 4 is 17.2 Å². The van der Waals surface area contributed by atoms with Crippen molar-refractivity contribution in [3.8, 4) is 6.07 Å². The van der Waals surface area contributed by atoms with E-state index in [1.807, 2.05) is 26.1 Å². The number of nitriles is 1. The highest BCUT2D eigenvalue weighted by atomic mass is 32.1. The lowest BCUT2D eigenvalue weighted by Gasteiger charge is -2.06. The molecule has 0 bridgehead atoms. The first-order valence-corrected chi connectivity index (χ1v) is 6.03. The maximum absolute atomic E-state index is 8.97. The third-order valence-corrected chi connectivity index (χ3v) is 3.14. The van der Waals surface area contributed by atoms with E-state index in [-0.39, 0.29) is 0 Å². The number of nitrogens with zero attached hydrogens (tertiary/aromatic N) is 3. The van der Waals surface area contributed by atoms with Gasteiger partial charge in [0.1, 0.15) is 16.9 Å². The Hall–Kier alpha value is -1.93. The summed E-state index contributed by atoms with van der Waals surface area (Å²) in [6.07, 6.45) is 1.84. The van der Waals surface area contributed by atoms with Crippen molar-refractivity contribution < 1.29 is 0 Å². The molecular formula is C12H12N4S. The lowest BCUT2D eigenvalue weighted by atomic mass is 10.2. The minimum Gasteiger partial charge on any atom is -0.362 e. The van der Waals surface area contributed by atoms with Crippen molar-refractivity contribution in [2.24, 2.45) is 0 Å². The van der Waals surface area contributed by atoms with E-state index >= 15 is 0 Å². The molecule has 0 aliphatic carbocycles. The third kappa shape index (κ3) is 2.80. The number of aryl methyl sites for hydroxylation is 2. The summed E-state index contributed by atoms with van der Waals surface area (Å²) < 4.78 is 0. The fourth-order valence-corrected chi connectivity index (χ4v) is 2.15. The van der Waals surface area contributed by atoms with Crippen LogP contribution in [0.2, 0.25) is 0 Å². The van der Waals surface area contributed by atoms with Crippen molar-refractivity contribution in [1.29, 1.82) is 5.26 Å². The van der Waals surface area contributed by atoms with Gasteiger partial charge in [-0.25, -0.2) is 9.97 Å². The molecule has 2 heterocycles. The predicted octanol–water partition coefficient (Wildman–Crippen LogP) is 2.64. The number of anilines is 1. The fourth-order valence-electron chi connectivity index (χ4n) is 1.42. The highest BCUT2D eigenvalue weighted by molar-refractivity contribution is 7.11. The van der Waals surface area contributed by atoms with Gasteiger partial charge in [-0.1, -0.05) is 0 Å². The van der Waals surface area contributed by atoms with Gasteiger partial charge in [0.2, 0.25) is 0 Å². The van der Waals surface area contributed by atoms with Crippen LogP contribution in [0.1, 0.15) is 21.1 Å². The molecule has 0 aromatic carbocycles. The van der Waals surface area contributed by atoms with E-state index < -0.39 is 0 Å². The van der Waals surface area contributed by atoms with Crippen LogP contribution in [0, 0.1) is 25.2 Å². The van der Waals surface area contributed by atoms with E-state index in [0.717, 1.165) is 10.7 Å². The molecule has 0 amide bonds. The van der Waals surface area contributed by atoms with Gasteiger partial charge in [0.25, 0.3) is 0 Å². The molecule has 0 radical (unpaired) electrons.